The molecule has 2 aromatic rings. The van der Waals surface area contributed by atoms with Crippen LogP contribution in [0.1, 0.15) is 18.1 Å². The number of ether oxygens (including phenoxy) is 1. The van der Waals surface area contributed by atoms with E-state index in [1.54, 1.807) is 0 Å². The van der Waals surface area contributed by atoms with E-state index in [0.717, 1.165) is 25.3 Å². The minimum atomic E-state index is 0.315. The summed E-state index contributed by atoms with van der Waals surface area (Å²) < 4.78 is 5.57. The Morgan fingerprint density at radius 1 is 1.33 bits per heavy atom. The molecule has 0 spiro atoms. The SMILES string of the molecule is CCOc1ccc2c(c1)CN(c1ncnc(N)c1Cl)CC2. The summed E-state index contributed by atoms with van der Waals surface area (Å²) in [5.41, 5.74) is 8.33. The molecule has 2 N–H and O–H groups in total. The molecule has 3 rings (SSSR count). The van der Waals surface area contributed by atoms with Gasteiger partial charge in [0.15, 0.2) is 5.82 Å². The van der Waals surface area contributed by atoms with Crippen molar-refractivity contribution in [3.8, 4) is 5.75 Å². The summed E-state index contributed by atoms with van der Waals surface area (Å²) in [7, 11) is 0. The summed E-state index contributed by atoms with van der Waals surface area (Å²) in [4.78, 5) is 10.3. The Kier molecular flexibility index (Phi) is 3.84. The summed E-state index contributed by atoms with van der Waals surface area (Å²) in [6, 6.07) is 6.24. The van der Waals surface area contributed by atoms with Gasteiger partial charge in [-0.2, -0.15) is 0 Å². The Morgan fingerprint density at radius 2 is 2.19 bits per heavy atom. The first-order chi connectivity index (χ1) is 10.2. The van der Waals surface area contributed by atoms with Crippen molar-refractivity contribution in [1.29, 1.82) is 0 Å². The van der Waals surface area contributed by atoms with E-state index >= 15 is 0 Å². The van der Waals surface area contributed by atoms with Crippen LogP contribution < -0.4 is 15.4 Å². The average Bonchev–Trinajstić information content (AvgIpc) is 2.50. The Hall–Kier alpha value is -2.01. The summed E-state index contributed by atoms with van der Waals surface area (Å²) in [6.07, 6.45) is 2.39. The van der Waals surface area contributed by atoms with Crippen molar-refractivity contribution < 1.29 is 4.74 Å². The fourth-order valence-electron chi connectivity index (χ4n) is 2.56. The largest absolute Gasteiger partial charge is 0.494 e. The van der Waals surface area contributed by atoms with Gasteiger partial charge in [-0.3, -0.25) is 0 Å². The molecular formula is C15H17ClN4O. The maximum absolute atomic E-state index is 6.22. The Balaban J connectivity index is 1.89. The minimum Gasteiger partial charge on any atom is -0.494 e. The molecule has 6 heteroatoms. The molecule has 2 heterocycles. The number of benzene rings is 1. The zero-order chi connectivity index (χ0) is 14.8. The van der Waals surface area contributed by atoms with Gasteiger partial charge in [-0.15, -0.1) is 0 Å². The Morgan fingerprint density at radius 3 is 3.00 bits per heavy atom. The lowest BCUT2D eigenvalue weighted by molar-refractivity contribution is 0.339. The van der Waals surface area contributed by atoms with Crippen LogP contribution in [0.15, 0.2) is 24.5 Å². The van der Waals surface area contributed by atoms with E-state index in [9.17, 15) is 0 Å². The molecule has 0 atom stereocenters. The first-order valence-electron chi connectivity index (χ1n) is 6.94. The van der Waals surface area contributed by atoms with E-state index in [-0.39, 0.29) is 0 Å². The van der Waals surface area contributed by atoms with Crippen LogP contribution >= 0.6 is 11.6 Å². The predicted molar refractivity (Wildman–Crippen MR) is 83.8 cm³/mol. The van der Waals surface area contributed by atoms with Crippen LogP contribution in [0.4, 0.5) is 11.6 Å². The molecule has 1 aliphatic heterocycles. The lowest BCUT2D eigenvalue weighted by Crippen LogP contribution is -2.31. The van der Waals surface area contributed by atoms with Gasteiger partial charge in [0, 0.05) is 13.1 Å². The van der Waals surface area contributed by atoms with Gasteiger partial charge in [-0.25, -0.2) is 9.97 Å². The van der Waals surface area contributed by atoms with Crippen LogP contribution in [0.2, 0.25) is 5.02 Å². The molecule has 0 aliphatic carbocycles. The van der Waals surface area contributed by atoms with Gasteiger partial charge in [0.2, 0.25) is 0 Å². The van der Waals surface area contributed by atoms with E-state index < -0.39 is 0 Å². The lowest BCUT2D eigenvalue weighted by atomic mass is 9.99. The van der Waals surface area contributed by atoms with Crippen LogP contribution in [0.5, 0.6) is 5.75 Å². The van der Waals surface area contributed by atoms with Crippen LogP contribution in [-0.4, -0.2) is 23.1 Å². The Bertz CT molecular complexity index is 662. The molecule has 1 aromatic carbocycles. The minimum absolute atomic E-state index is 0.315. The molecule has 1 aliphatic rings. The number of hydrogen-bond donors (Lipinski definition) is 1. The number of halogens is 1. The third-order valence-corrected chi connectivity index (χ3v) is 3.96. The van der Waals surface area contributed by atoms with Crippen molar-refractivity contribution in [3.05, 3.63) is 40.7 Å². The number of nitrogens with zero attached hydrogens (tertiary/aromatic N) is 3. The predicted octanol–water partition coefficient (Wildman–Crippen LogP) is 2.67. The van der Waals surface area contributed by atoms with Gasteiger partial charge in [0.1, 0.15) is 22.9 Å². The van der Waals surface area contributed by atoms with Crippen molar-refractivity contribution in [1.82, 2.24) is 9.97 Å². The molecule has 0 radical (unpaired) electrons. The van der Waals surface area contributed by atoms with E-state index in [1.165, 1.54) is 17.5 Å². The van der Waals surface area contributed by atoms with Crippen molar-refractivity contribution in [3.63, 3.8) is 0 Å². The third kappa shape index (κ3) is 2.74. The average molecular weight is 305 g/mol. The van der Waals surface area contributed by atoms with Gasteiger partial charge in [0.05, 0.1) is 6.61 Å². The monoisotopic (exact) mass is 304 g/mol. The molecule has 0 amide bonds. The lowest BCUT2D eigenvalue weighted by Gasteiger charge is -2.30. The van der Waals surface area contributed by atoms with Crippen molar-refractivity contribution in [2.24, 2.45) is 0 Å². The van der Waals surface area contributed by atoms with Crippen molar-refractivity contribution in [2.75, 3.05) is 23.8 Å². The highest BCUT2D eigenvalue weighted by Crippen LogP contribution is 2.31. The van der Waals surface area contributed by atoms with Gasteiger partial charge in [-0.1, -0.05) is 17.7 Å². The second-order valence-electron chi connectivity index (χ2n) is 4.93. The second-order valence-corrected chi connectivity index (χ2v) is 5.31. The van der Waals surface area contributed by atoms with E-state index in [0.29, 0.717) is 23.3 Å². The summed E-state index contributed by atoms with van der Waals surface area (Å²) >= 11 is 6.22. The molecule has 0 bridgehead atoms. The molecule has 5 nitrogen and oxygen atoms in total. The normalized spacial score (nSPS) is 13.9. The number of nitrogens with two attached hydrogens (primary N) is 1. The molecule has 0 fully saturated rings. The molecule has 21 heavy (non-hydrogen) atoms. The molecule has 0 unspecified atom stereocenters. The molecular weight excluding hydrogens is 288 g/mol. The first kappa shape index (κ1) is 13.9. The topological polar surface area (TPSA) is 64.3 Å². The molecule has 110 valence electrons. The standard InChI is InChI=1S/C15H17ClN4O/c1-2-21-12-4-3-10-5-6-20(8-11(10)7-12)15-13(16)14(17)18-9-19-15/h3-4,7,9H,2,5-6,8H2,1H3,(H2,17,18,19). The van der Waals surface area contributed by atoms with E-state index in [2.05, 4.69) is 27.0 Å². The highest BCUT2D eigenvalue weighted by molar-refractivity contribution is 6.35. The highest BCUT2D eigenvalue weighted by Gasteiger charge is 2.21. The second kappa shape index (κ2) is 5.77. The quantitative estimate of drug-likeness (QED) is 0.944. The van der Waals surface area contributed by atoms with Gasteiger partial charge in [0.25, 0.3) is 0 Å². The van der Waals surface area contributed by atoms with Crippen LogP contribution in [0.3, 0.4) is 0 Å². The van der Waals surface area contributed by atoms with Crippen molar-refractivity contribution >= 4 is 23.2 Å². The fraction of sp³-hybridized carbons (Fsp3) is 0.333. The first-order valence-corrected chi connectivity index (χ1v) is 7.32. The number of nitrogen functional groups attached to an aromatic ring is 1. The third-order valence-electron chi connectivity index (χ3n) is 3.60. The number of hydrogen-bond acceptors (Lipinski definition) is 5. The van der Waals surface area contributed by atoms with Crippen LogP contribution in [0, 0.1) is 0 Å². The van der Waals surface area contributed by atoms with Gasteiger partial charge < -0.3 is 15.4 Å². The molecule has 0 saturated carbocycles. The van der Waals surface area contributed by atoms with E-state index in [1.807, 2.05) is 13.0 Å². The van der Waals surface area contributed by atoms with Crippen molar-refractivity contribution in [2.45, 2.75) is 19.9 Å². The smallest absolute Gasteiger partial charge is 0.153 e. The number of anilines is 2. The molecule has 0 saturated heterocycles. The maximum Gasteiger partial charge on any atom is 0.153 e. The summed E-state index contributed by atoms with van der Waals surface area (Å²) in [6.45, 7) is 4.25. The number of aromatic nitrogens is 2. The fourth-order valence-corrected chi connectivity index (χ4v) is 2.78. The van der Waals surface area contributed by atoms with E-state index in [4.69, 9.17) is 22.1 Å². The Labute approximate surface area is 128 Å². The number of rotatable bonds is 3. The molecule has 1 aromatic heterocycles. The zero-order valence-corrected chi connectivity index (χ0v) is 12.6. The number of fused-ring (bicyclic) bond motifs is 1. The van der Waals surface area contributed by atoms with Gasteiger partial charge in [-0.05, 0) is 36.6 Å². The highest BCUT2D eigenvalue weighted by atomic mass is 35.5. The van der Waals surface area contributed by atoms with Crippen LogP contribution in [0.25, 0.3) is 0 Å². The zero-order valence-electron chi connectivity index (χ0n) is 11.8. The summed E-state index contributed by atoms with van der Waals surface area (Å²) in [5.74, 6) is 1.90. The summed E-state index contributed by atoms with van der Waals surface area (Å²) in [5, 5.41) is 0.418. The maximum atomic E-state index is 6.22. The van der Waals surface area contributed by atoms with Gasteiger partial charge >= 0.3 is 0 Å². The van der Waals surface area contributed by atoms with Crippen LogP contribution in [-0.2, 0) is 13.0 Å².